The molecule has 0 radical (unpaired) electrons. The van der Waals surface area contributed by atoms with Crippen molar-refractivity contribution in [1.82, 2.24) is 15.0 Å². The number of alkyl halides is 3. The maximum Gasteiger partial charge on any atom is 0.573 e. The number of fused-ring (bicyclic) bond motifs is 1. The molecule has 0 saturated heterocycles. The summed E-state index contributed by atoms with van der Waals surface area (Å²) in [4.78, 5) is 24.8. The van der Waals surface area contributed by atoms with Crippen LogP contribution in [-0.2, 0) is 0 Å². The Hall–Kier alpha value is -4.60. The molecule has 0 aliphatic heterocycles. The molecule has 3 aromatic heterocycles. The number of furan rings is 1. The Bertz CT molecular complexity index is 1460. The van der Waals surface area contributed by atoms with Crippen molar-refractivity contribution in [1.29, 1.82) is 0 Å². The first-order valence-corrected chi connectivity index (χ1v) is 10.0. The van der Waals surface area contributed by atoms with Crippen LogP contribution in [0, 0.1) is 0 Å². The lowest BCUT2D eigenvalue weighted by atomic mass is 10.0. The summed E-state index contributed by atoms with van der Waals surface area (Å²) in [6.07, 6.45) is -1.88. The quantitative estimate of drug-likeness (QED) is 0.331. The van der Waals surface area contributed by atoms with E-state index in [0.29, 0.717) is 22.7 Å². The Morgan fingerprint density at radius 1 is 1.03 bits per heavy atom. The van der Waals surface area contributed by atoms with E-state index in [0.717, 1.165) is 17.7 Å². The lowest BCUT2D eigenvalue weighted by Gasteiger charge is -2.13. The Morgan fingerprint density at radius 2 is 1.85 bits per heavy atom. The molecule has 0 atom stereocenters. The van der Waals surface area contributed by atoms with Crippen molar-refractivity contribution in [3.05, 3.63) is 84.8 Å². The second kappa shape index (κ2) is 8.39. The number of carbonyl (C=O) groups excluding carboxylic acids is 1. The largest absolute Gasteiger partial charge is 0.573 e. The van der Waals surface area contributed by atoms with Gasteiger partial charge in [-0.15, -0.1) is 13.2 Å². The van der Waals surface area contributed by atoms with Gasteiger partial charge in [0.25, 0.3) is 5.91 Å². The fraction of sp³-hybridized carbons (Fsp3) is 0.0417. The van der Waals surface area contributed by atoms with Gasteiger partial charge in [-0.1, -0.05) is 30.3 Å². The monoisotopic (exact) mass is 464 g/mol. The molecule has 34 heavy (non-hydrogen) atoms. The number of aromatic amines is 1. The molecule has 2 N–H and O–H groups in total. The summed E-state index contributed by atoms with van der Waals surface area (Å²) in [7, 11) is 0. The molecular weight excluding hydrogens is 449 g/mol. The van der Waals surface area contributed by atoms with Gasteiger partial charge in [-0.05, 0) is 36.4 Å². The van der Waals surface area contributed by atoms with Crippen molar-refractivity contribution in [3.8, 4) is 28.5 Å². The number of imidazole rings is 1. The van der Waals surface area contributed by atoms with Crippen molar-refractivity contribution in [2.45, 2.75) is 6.36 Å². The Kier molecular flexibility index (Phi) is 5.25. The molecule has 0 saturated carbocycles. The van der Waals surface area contributed by atoms with Gasteiger partial charge >= 0.3 is 6.36 Å². The van der Waals surface area contributed by atoms with Gasteiger partial charge in [0.1, 0.15) is 11.4 Å². The van der Waals surface area contributed by atoms with E-state index in [4.69, 9.17) is 4.42 Å². The van der Waals surface area contributed by atoms with E-state index in [2.05, 4.69) is 25.0 Å². The number of rotatable bonds is 5. The van der Waals surface area contributed by atoms with E-state index in [1.165, 1.54) is 24.6 Å². The van der Waals surface area contributed by atoms with Gasteiger partial charge in [0.2, 0.25) is 5.95 Å². The predicted molar refractivity (Wildman–Crippen MR) is 118 cm³/mol. The third-order valence-corrected chi connectivity index (χ3v) is 4.92. The minimum atomic E-state index is -4.87. The van der Waals surface area contributed by atoms with E-state index >= 15 is 0 Å². The van der Waals surface area contributed by atoms with Gasteiger partial charge in [-0.2, -0.15) is 0 Å². The zero-order chi connectivity index (χ0) is 23.7. The van der Waals surface area contributed by atoms with Gasteiger partial charge in [0.15, 0.2) is 5.76 Å². The fourth-order valence-electron chi connectivity index (χ4n) is 3.46. The molecule has 3 heterocycles. The van der Waals surface area contributed by atoms with E-state index in [-0.39, 0.29) is 16.9 Å². The molecule has 1 amide bonds. The highest BCUT2D eigenvalue weighted by atomic mass is 19.4. The van der Waals surface area contributed by atoms with Crippen molar-refractivity contribution < 1.29 is 27.1 Å². The van der Waals surface area contributed by atoms with Crippen LogP contribution in [0.5, 0.6) is 5.75 Å². The molecule has 5 aromatic rings. The molecule has 170 valence electrons. The summed E-state index contributed by atoms with van der Waals surface area (Å²) in [5.41, 5.74) is 2.21. The fourth-order valence-corrected chi connectivity index (χ4v) is 3.46. The molecule has 0 unspecified atom stereocenters. The highest BCUT2D eigenvalue weighted by Crippen LogP contribution is 2.31. The Balaban J connectivity index is 1.56. The third kappa shape index (κ3) is 4.46. The molecule has 0 aliphatic carbocycles. The summed E-state index contributed by atoms with van der Waals surface area (Å²) in [6, 6.07) is 17.7. The minimum Gasteiger partial charge on any atom is -0.463 e. The van der Waals surface area contributed by atoms with Gasteiger partial charge in [-0.3, -0.25) is 10.1 Å². The average Bonchev–Trinajstić information content (AvgIpc) is 3.50. The number of pyridine rings is 1. The molecule has 7 nitrogen and oxygen atoms in total. The summed E-state index contributed by atoms with van der Waals surface area (Å²) < 4.78 is 47.6. The topological polar surface area (TPSA) is 93.0 Å². The Labute approximate surface area is 190 Å². The Morgan fingerprint density at radius 3 is 2.59 bits per heavy atom. The van der Waals surface area contributed by atoms with Crippen LogP contribution in [0.1, 0.15) is 10.4 Å². The van der Waals surface area contributed by atoms with Crippen LogP contribution in [0.4, 0.5) is 19.1 Å². The van der Waals surface area contributed by atoms with Gasteiger partial charge in [0, 0.05) is 10.9 Å². The number of ether oxygens (including phenoxy) is 1. The maximum absolute atomic E-state index is 13.2. The zero-order valence-corrected chi connectivity index (χ0v) is 17.3. The second-order valence-corrected chi connectivity index (χ2v) is 7.22. The predicted octanol–water partition coefficient (Wildman–Crippen LogP) is 6.04. The SMILES string of the molecule is O=C(Nc1ncc(-c2ccco2)[nH]1)c1cc(-c2ccccc2)nc2ccc(OC(F)(F)F)cc12. The van der Waals surface area contributed by atoms with Crippen molar-refractivity contribution in [2.75, 3.05) is 5.32 Å². The standard InChI is InChI=1S/C24H15F3N4O3/c25-24(26,27)34-15-8-9-18-16(11-15)17(12-19(29-18)14-5-2-1-3-6-14)22(32)31-23-28-13-20(30-23)21-7-4-10-33-21/h1-13H,(H2,28,30,31,32). The summed E-state index contributed by atoms with van der Waals surface area (Å²) in [6.45, 7) is 0. The molecule has 5 rings (SSSR count). The normalized spacial score (nSPS) is 11.5. The lowest BCUT2D eigenvalue weighted by molar-refractivity contribution is -0.274. The summed E-state index contributed by atoms with van der Waals surface area (Å²) in [5.74, 6) is -0.372. The lowest BCUT2D eigenvalue weighted by Crippen LogP contribution is -2.17. The number of amides is 1. The van der Waals surface area contributed by atoms with Gasteiger partial charge < -0.3 is 14.1 Å². The third-order valence-electron chi connectivity index (χ3n) is 4.92. The van der Waals surface area contributed by atoms with E-state index in [9.17, 15) is 18.0 Å². The zero-order valence-electron chi connectivity index (χ0n) is 17.3. The first-order chi connectivity index (χ1) is 16.4. The van der Waals surface area contributed by atoms with Crippen LogP contribution in [0.2, 0.25) is 0 Å². The maximum atomic E-state index is 13.2. The van der Waals surface area contributed by atoms with E-state index < -0.39 is 18.0 Å². The molecule has 10 heteroatoms. The van der Waals surface area contributed by atoms with Crippen LogP contribution in [0.3, 0.4) is 0 Å². The number of anilines is 1. The van der Waals surface area contributed by atoms with E-state index in [1.807, 2.05) is 30.3 Å². The van der Waals surface area contributed by atoms with Crippen LogP contribution in [-0.4, -0.2) is 27.2 Å². The number of benzene rings is 2. The average molecular weight is 464 g/mol. The van der Waals surface area contributed by atoms with Gasteiger partial charge in [-0.25, -0.2) is 9.97 Å². The number of halogens is 3. The van der Waals surface area contributed by atoms with E-state index in [1.54, 1.807) is 12.1 Å². The van der Waals surface area contributed by atoms with Gasteiger partial charge in [0.05, 0.1) is 29.2 Å². The van der Waals surface area contributed by atoms with Crippen molar-refractivity contribution in [2.24, 2.45) is 0 Å². The van der Waals surface area contributed by atoms with Crippen molar-refractivity contribution in [3.63, 3.8) is 0 Å². The first kappa shape index (κ1) is 21.3. The number of aromatic nitrogens is 3. The number of H-pyrrole nitrogens is 1. The molecule has 0 spiro atoms. The van der Waals surface area contributed by atoms with Crippen LogP contribution >= 0.6 is 0 Å². The highest BCUT2D eigenvalue weighted by Gasteiger charge is 2.31. The minimum absolute atomic E-state index is 0.104. The summed E-state index contributed by atoms with van der Waals surface area (Å²) >= 11 is 0. The number of nitrogens with zero attached hydrogens (tertiary/aromatic N) is 2. The second-order valence-electron chi connectivity index (χ2n) is 7.22. The van der Waals surface area contributed by atoms with Crippen LogP contribution in [0.15, 0.2) is 83.6 Å². The molecule has 2 aromatic carbocycles. The highest BCUT2D eigenvalue weighted by molar-refractivity contribution is 6.12. The van der Waals surface area contributed by atoms with Crippen LogP contribution < -0.4 is 10.1 Å². The smallest absolute Gasteiger partial charge is 0.463 e. The number of nitrogens with one attached hydrogen (secondary N) is 2. The molecular formula is C24H15F3N4O3. The number of hydrogen-bond donors (Lipinski definition) is 2. The molecule has 0 aliphatic rings. The van der Waals surface area contributed by atoms with Crippen LogP contribution in [0.25, 0.3) is 33.6 Å². The van der Waals surface area contributed by atoms with Crippen molar-refractivity contribution >= 4 is 22.8 Å². The summed E-state index contributed by atoms with van der Waals surface area (Å²) in [5, 5.41) is 2.83. The number of carbonyl (C=O) groups is 1. The molecule has 0 fully saturated rings. The first-order valence-electron chi connectivity index (χ1n) is 10.0. The molecule has 0 bridgehead atoms. The number of hydrogen-bond acceptors (Lipinski definition) is 5.